The Morgan fingerprint density at radius 3 is 2.86 bits per heavy atom. The van der Waals surface area contributed by atoms with E-state index in [4.69, 9.17) is 5.11 Å². The van der Waals surface area contributed by atoms with Gasteiger partial charge >= 0.3 is 12.6 Å². The third-order valence-electron chi connectivity index (χ3n) is 3.72. The molecule has 1 saturated heterocycles. The van der Waals surface area contributed by atoms with Gasteiger partial charge in [-0.25, -0.2) is 0 Å². The molecule has 0 aromatic heterocycles. The first-order valence-electron chi connectivity index (χ1n) is 7.05. The highest BCUT2D eigenvalue weighted by atomic mass is 19.3. The van der Waals surface area contributed by atoms with Crippen molar-refractivity contribution in [2.75, 3.05) is 6.54 Å². The van der Waals surface area contributed by atoms with Crippen LogP contribution in [0.4, 0.5) is 8.78 Å². The molecule has 6 heteroatoms. The lowest BCUT2D eigenvalue weighted by molar-refractivity contribution is -0.138. The molecular weight excluding hydrogens is 280 g/mol. The number of alkyl halides is 2. The summed E-state index contributed by atoms with van der Waals surface area (Å²) < 4.78 is 29.4. The summed E-state index contributed by atoms with van der Waals surface area (Å²) in [4.78, 5) is 13.0. The Morgan fingerprint density at radius 1 is 1.38 bits per heavy atom. The fraction of sp³-hybridized carbons (Fsp3) is 0.533. The molecule has 4 nitrogen and oxygen atoms in total. The Morgan fingerprint density at radius 2 is 2.14 bits per heavy atom. The van der Waals surface area contributed by atoms with Crippen molar-refractivity contribution < 1.29 is 23.4 Å². The van der Waals surface area contributed by atoms with Crippen molar-refractivity contribution in [3.8, 4) is 5.75 Å². The van der Waals surface area contributed by atoms with Gasteiger partial charge in [0.2, 0.25) is 0 Å². The molecule has 1 heterocycles. The number of aliphatic carboxylic acids is 1. The minimum atomic E-state index is -2.86. The zero-order valence-corrected chi connectivity index (χ0v) is 11.7. The maximum Gasteiger partial charge on any atom is 0.387 e. The molecule has 21 heavy (non-hydrogen) atoms. The normalized spacial score (nSPS) is 19.7. The van der Waals surface area contributed by atoms with E-state index in [-0.39, 0.29) is 18.2 Å². The second-order valence-electron chi connectivity index (χ2n) is 5.20. The van der Waals surface area contributed by atoms with Gasteiger partial charge < -0.3 is 9.84 Å². The molecule has 0 saturated carbocycles. The number of benzene rings is 1. The lowest BCUT2D eigenvalue weighted by Crippen LogP contribution is -2.40. The molecule has 1 aliphatic heterocycles. The number of nitrogens with zero attached hydrogens (tertiary/aromatic N) is 1. The van der Waals surface area contributed by atoms with E-state index >= 15 is 0 Å². The van der Waals surface area contributed by atoms with Crippen LogP contribution in [-0.4, -0.2) is 35.2 Å². The molecule has 0 radical (unpaired) electrons. The predicted octanol–water partition coefficient (Wildman–Crippen LogP) is 3.12. The third kappa shape index (κ3) is 4.67. The highest BCUT2D eigenvalue weighted by Gasteiger charge is 2.25. The quantitative estimate of drug-likeness (QED) is 0.877. The van der Waals surface area contributed by atoms with Crippen LogP contribution in [0, 0.1) is 0 Å². The second-order valence-corrected chi connectivity index (χ2v) is 5.20. The number of hydrogen-bond acceptors (Lipinski definition) is 3. The van der Waals surface area contributed by atoms with E-state index < -0.39 is 12.6 Å². The molecule has 116 valence electrons. The van der Waals surface area contributed by atoms with Crippen LogP contribution in [0.5, 0.6) is 5.75 Å². The molecule has 1 aliphatic rings. The van der Waals surface area contributed by atoms with Crippen LogP contribution in [-0.2, 0) is 11.3 Å². The second kappa shape index (κ2) is 7.36. The van der Waals surface area contributed by atoms with Crippen molar-refractivity contribution in [2.45, 2.75) is 44.9 Å². The van der Waals surface area contributed by atoms with Crippen molar-refractivity contribution in [3.05, 3.63) is 29.8 Å². The van der Waals surface area contributed by atoms with E-state index in [9.17, 15) is 13.6 Å². The third-order valence-corrected chi connectivity index (χ3v) is 3.72. The minimum absolute atomic E-state index is 0.0455. The number of halogens is 2. The number of ether oxygens (including phenoxy) is 1. The van der Waals surface area contributed by atoms with E-state index in [0.29, 0.717) is 12.1 Å². The summed E-state index contributed by atoms with van der Waals surface area (Å²) in [6, 6.07) is 6.62. The lowest BCUT2D eigenvalue weighted by atomic mass is 9.98. The van der Waals surface area contributed by atoms with Gasteiger partial charge in [0.15, 0.2) is 0 Å². The summed E-state index contributed by atoms with van der Waals surface area (Å²) in [7, 11) is 0. The SMILES string of the molecule is O=C(O)CC1CCCCN1Cc1ccccc1OC(F)F. The number of hydrogen-bond donors (Lipinski definition) is 1. The van der Waals surface area contributed by atoms with Crippen LogP contribution >= 0.6 is 0 Å². The standard InChI is InChI=1S/C15H19F2NO3/c16-15(17)21-13-7-2-1-5-11(13)10-18-8-4-3-6-12(18)9-14(19)20/h1-2,5,7,12,15H,3-4,6,8-10H2,(H,19,20). The number of carboxylic acid groups (broad SMARTS) is 1. The first kappa shape index (κ1) is 15.7. The smallest absolute Gasteiger partial charge is 0.387 e. The summed E-state index contributed by atoms with van der Waals surface area (Å²) in [5.74, 6) is -0.670. The average molecular weight is 299 g/mol. The van der Waals surface area contributed by atoms with E-state index in [0.717, 1.165) is 25.8 Å². The van der Waals surface area contributed by atoms with Crippen molar-refractivity contribution in [3.63, 3.8) is 0 Å². The van der Waals surface area contributed by atoms with Crippen molar-refractivity contribution in [1.29, 1.82) is 0 Å². The van der Waals surface area contributed by atoms with E-state index in [1.165, 1.54) is 6.07 Å². The van der Waals surface area contributed by atoms with Crippen LogP contribution < -0.4 is 4.74 Å². The van der Waals surface area contributed by atoms with Crippen molar-refractivity contribution in [1.82, 2.24) is 4.90 Å². The Hall–Kier alpha value is -1.69. The molecule has 2 rings (SSSR count). The van der Waals surface area contributed by atoms with Crippen LogP contribution in [0.15, 0.2) is 24.3 Å². The molecular formula is C15H19F2NO3. The predicted molar refractivity (Wildman–Crippen MR) is 73.4 cm³/mol. The fourth-order valence-electron chi connectivity index (χ4n) is 2.77. The highest BCUT2D eigenvalue weighted by molar-refractivity contribution is 5.67. The summed E-state index contributed by atoms with van der Waals surface area (Å²) in [6.07, 6.45) is 2.90. The molecule has 1 unspecified atom stereocenters. The maximum absolute atomic E-state index is 12.4. The molecule has 0 bridgehead atoms. The number of para-hydroxylation sites is 1. The van der Waals surface area contributed by atoms with Crippen LogP contribution in [0.25, 0.3) is 0 Å². The molecule has 1 N–H and O–H groups in total. The molecule has 0 aliphatic carbocycles. The number of rotatable bonds is 6. The molecule has 0 spiro atoms. The summed E-state index contributed by atoms with van der Waals surface area (Å²) in [5.41, 5.74) is 0.662. The monoisotopic (exact) mass is 299 g/mol. The van der Waals surface area contributed by atoms with E-state index in [1.54, 1.807) is 18.2 Å². The molecule has 1 aromatic carbocycles. The van der Waals surface area contributed by atoms with Gasteiger partial charge in [-0.2, -0.15) is 8.78 Å². The van der Waals surface area contributed by atoms with Crippen LogP contribution in [0.1, 0.15) is 31.2 Å². The molecule has 1 aromatic rings. The van der Waals surface area contributed by atoms with Crippen LogP contribution in [0.3, 0.4) is 0 Å². The van der Waals surface area contributed by atoms with Crippen LogP contribution in [0.2, 0.25) is 0 Å². The van der Waals surface area contributed by atoms with Gasteiger partial charge in [-0.05, 0) is 25.5 Å². The van der Waals surface area contributed by atoms with Gasteiger partial charge in [0.25, 0.3) is 0 Å². The number of likely N-dealkylation sites (tertiary alicyclic amines) is 1. The van der Waals surface area contributed by atoms with E-state index in [2.05, 4.69) is 4.74 Å². The zero-order valence-electron chi connectivity index (χ0n) is 11.7. The summed E-state index contributed by atoms with van der Waals surface area (Å²) >= 11 is 0. The van der Waals surface area contributed by atoms with Gasteiger partial charge in [0.05, 0.1) is 6.42 Å². The maximum atomic E-state index is 12.4. The van der Waals surface area contributed by atoms with Gasteiger partial charge in [-0.3, -0.25) is 9.69 Å². The number of piperidine rings is 1. The Balaban J connectivity index is 2.09. The molecule has 1 atom stereocenters. The largest absolute Gasteiger partial charge is 0.481 e. The zero-order chi connectivity index (χ0) is 15.2. The highest BCUT2D eigenvalue weighted by Crippen LogP contribution is 2.26. The molecule has 0 amide bonds. The number of carboxylic acids is 1. The van der Waals surface area contributed by atoms with E-state index in [1.807, 2.05) is 4.90 Å². The van der Waals surface area contributed by atoms with Crippen molar-refractivity contribution >= 4 is 5.97 Å². The average Bonchev–Trinajstić information content (AvgIpc) is 2.42. The summed E-state index contributed by atoms with van der Waals surface area (Å²) in [6.45, 7) is -1.65. The topological polar surface area (TPSA) is 49.8 Å². The fourth-order valence-corrected chi connectivity index (χ4v) is 2.77. The minimum Gasteiger partial charge on any atom is -0.481 e. The van der Waals surface area contributed by atoms with Gasteiger partial charge in [0.1, 0.15) is 5.75 Å². The summed E-state index contributed by atoms with van der Waals surface area (Å²) in [5, 5.41) is 8.97. The Kier molecular flexibility index (Phi) is 5.50. The molecule has 1 fully saturated rings. The van der Waals surface area contributed by atoms with Gasteiger partial charge in [-0.15, -0.1) is 0 Å². The Bertz CT molecular complexity index is 482. The van der Waals surface area contributed by atoms with Gasteiger partial charge in [0, 0.05) is 18.2 Å². The Labute approximate surface area is 122 Å². The first-order valence-corrected chi connectivity index (χ1v) is 7.05. The first-order chi connectivity index (χ1) is 10.1. The van der Waals surface area contributed by atoms with Gasteiger partial charge in [-0.1, -0.05) is 24.6 Å². The van der Waals surface area contributed by atoms with Crippen molar-refractivity contribution in [2.24, 2.45) is 0 Å². The number of carbonyl (C=O) groups is 1. The lowest BCUT2D eigenvalue weighted by Gasteiger charge is -2.35.